The summed E-state index contributed by atoms with van der Waals surface area (Å²) in [6, 6.07) is 15.0. The lowest BCUT2D eigenvalue weighted by molar-refractivity contribution is -0.991. The number of nitrogens with zero attached hydrogens (tertiary/aromatic N) is 4. The maximum Gasteiger partial charge on any atom is 0.212 e. The molecule has 1 aromatic heterocycles. The van der Waals surface area contributed by atoms with Crippen LogP contribution in [0.4, 0.5) is 11.4 Å². The Morgan fingerprint density at radius 2 is 1.96 bits per heavy atom. The molecule has 3 N–H and O–H groups in total. The first-order chi connectivity index (χ1) is 12.5. The van der Waals surface area contributed by atoms with E-state index in [4.69, 9.17) is 0 Å². The summed E-state index contributed by atoms with van der Waals surface area (Å²) >= 11 is 1.58. The van der Waals surface area contributed by atoms with Crippen molar-refractivity contribution in [2.24, 2.45) is 0 Å². The van der Waals surface area contributed by atoms with E-state index in [9.17, 15) is 10.4 Å². The Kier molecular flexibility index (Phi) is 4.29. The molecule has 0 aliphatic carbocycles. The molecule has 1 unspecified atom stereocenters. The number of benzene rings is 2. The summed E-state index contributed by atoms with van der Waals surface area (Å²) in [7, 11) is 4.02. The molecule has 9 heteroatoms. The summed E-state index contributed by atoms with van der Waals surface area (Å²) in [6.07, 6.45) is 0. The fourth-order valence-electron chi connectivity index (χ4n) is 2.78. The molecule has 1 aliphatic rings. The minimum absolute atomic E-state index is 0.0260. The molecule has 26 heavy (non-hydrogen) atoms. The van der Waals surface area contributed by atoms with Gasteiger partial charge in [0.05, 0.1) is 0 Å². The standard InChI is InChI=1S/C17H18N6O2S/c1-21(2)13-8-6-11(7-9-13)16-20-22-15(18-19-17(22)26-16)12-4-3-5-14(10-12)23(24)25/h3-10,16,20,23-24H,1-2H3/t16-/m0/s1. The Balaban J connectivity index is 1.60. The van der Waals surface area contributed by atoms with Crippen molar-refractivity contribution < 1.29 is 10.4 Å². The van der Waals surface area contributed by atoms with Crippen LogP contribution in [0, 0.1) is 5.21 Å². The Morgan fingerprint density at radius 1 is 1.19 bits per heavy atom. The minimum atomic E-state index is -0.964. The molecule has 0 bridgehead atoms. The molecule has 134 valence electrons. The van der Waals surface area contributed by atoms with Gasteiger partial charge in [-0.2, -0.15) is 5.23 Å². The van der Waals surface area contributed by atoms with Crippen molar-refractivity contribution in [1.29, 1.82) is 0 Å². The summed E-state index contributed by atoms with van der Waals surface area (Å²) in [4.78, 5) is 2.06. The SMILES string of the molecule is CN(C)c1ccc([C@H]2Nn3c(nnc3-c3cccc([NH+]([O-])O)c3)S2)cc1. The summed E-state index contributed by atoms with van der Waals surface area (Å²) in [5.41, 5.74) is 6.60. The van der Waals surface area contributed by atoms with Crippen LogP contribution in [0.5, 0.6) is 0 Å². The molecular weight excluding hydrogens is 352 g/mol. The number of aromatic nitrogens is 3. The van der Waals surface area contributed by atoms with E-state index >= 15 is 0 Å². The monoisotopic (exact) mass is 370 g/mol. The number of anilines is 1. The molecule has 3 aromatic rings. The van der Waals surface area contributed by atoms with Gasteiger partial charge in [-0.1, -0.05) is 36.0 Å². The first kappa shape index (κ1) is 16.9. The number of rotatable bonds is 4. The lowest BCUT2D eigenvalue weighted by Crippen LogP contribution is -2.99. The summed E-state index contributed by atoms with van der Waals surface area (Å²) < 4.78 is 1.82. The number of nitrogens with one attached hydrogen (secondary N) is 2. The van der Waals surface area contributed by atoms with Gasteiger partial charge in [-0.3, -0.25) is 0 Å². The van der Waals surface area contributed by atoms with Crippen molar-refractivity contribution >= 4 is 23.1 Å². The van der Waals surface area contributed by atoms with E-state index in [0.717, 1.165) is 16.4 Å². The van der Waals surface area contributed by atoms with Crippen LogP contribution in [0.3, 0.4) is 0 Å². The number of hydrogen-bond acceptors (Lipinski definition) is 7. The third kappa shape index (κ3) is 3.01. The predicted octanol–water partition coefficient (Wildman–Crippen LogP) is 1.76. The first-order valence-corrected chi connectivity index (χ1v) is 8.90. The van der Waals surface area contributed by atoms with E-state index in [1.807, 2.05) is 24.8 Å². The van der Waals surface area contributed by atoms with Gasteiger partial charge >= 0.3 is 0 Å². The van der Waals surface area contributed by atoms with Gasteiger partial charge in [0.2, 0.25) is 5.16 Å². The average molecular weight is 370 g/mol. The molecule has 8 nitrogen and oxygen atoms in total. The van der Waals surface area contributed by atoms with E-state index in [-0.39, 0.29) is 11.1 Å². The van der Waals surface area contributed by atoms with Crippen LogP contribution in [-0.4, -0.2) is 34.2 Å². The smallest absolute Gasteiger partial charge is 0.212 e. The van der Waals surface area contributed by atoms with Gasteiger partial charge in [-0.15, -0.1) is 10.2 Å². The number of fused-ring (bicyclic) bond motifs is 1. The van der Waals surface area contributed by atoms with Gasteiger partial charge < -0.3 is 15.5 Å². The molecule has 4 rings (SSSR count). The lowest BCUT2D eigenvalue weighted by atomic mass is 10.2. The fourth-order valence-corrected chi connectivity index (χ4v) is 3.77. The highest BCUT2D eigenvalue weighted by molar-refractivity contribution is 7.99. The van der Waals surface area contributed by atoms with Crippen molar-refractivity contribution in [3.8, 4) is 11.4 Å². The van der Waals surface area contributed by atoms with Gasteiger partial charge in [0, 0.05) is 37.5 Å². The third-order valence-corrected chi connectivity index (χ3v) is 5.27. The lowest BCUT2D eigenvalue weighted by Gasteiger charge is -2.16. The van der Waals surface area contributed by atoms with Gasteiger partial charge in [-0.25, -0.2) is 9.88 Å². The van der Waals surface area contributed by atoms with Crippen molar-refractivity contribution in [2.45, 2.75) is 10.5 Å². The van der Waals surface area contributed by atoms with Crippen LogP contribution < -0.4 is 15.6 Å². The average Bonchev–Trinajstić information content (AvgIpc) is 3.22. The zero-order chi connectivity index (χ0) is 18.3. The third-order valence-electron chi connectivity index (χ3n) is 4.18. The molecule has 2 heterocycles. The quantitative estimate of drug-likeness (QED) is 0.603. The number of hydrogen-bond donors (Lipinski definition) is 3. The highest BCUT2D eigenvalue weighted by Crippen LogP contribution is 2.40. The largest absolute Gasteiger partial charge is 0.595 e. The van der Waals surface area contributed by atoms with Crippen molar-refractivity contribution in [2.75, 3.05) is 24.4 Å². The van der Waals surface area contributed by atoms with Crippen LogP contribution in [0.25, 0.3) is 11.4 Å². The summed E-state index contributed by atoms with van der Waals surface area (Å²) in [5, 5.41) is 28.6. The van der Waals surface area contributed by atoms with Crippen LogP contribution in [-0.2, 0) is 0 Å². The maximum atomic E-state index is 11.2. The molecule has 0 saturated heterocycles. The fraction of sp³-hybridized carbons (Fsp3) is 0.176. The zero-order valence-corrected chi connectivity index (χ0v) is 15.1. The Bertz CT molecular complexity index is 925. The first-order valence-electron chi connectivity index (χ1n) is 8.02. The molecule has 2 aromatic carbocycles. The molecule has 0 fully saturated rings. The molecule has 0 spiro atoms. The number of quaternary nitrogens is 1. The Morgan fingerprint density at radius 3 is 2.65 bits per heavy atom. The van der Waals surface area contributed by atoms with Crippen molar-refractivity contribution in [3.05, 3.63) is 59.3 Å². The predicted molar refractivity (Wildman–Crippen MR) is 100.0 cm³/mol. The minimum Gasteiger partial charge on any atom is -0.595 e. The molecule has 0 radical (unpaired) electrons. The van der Waals surface area contributed by atoms with Crippen LogP contribution in [0.1, 0.15) is 10.9 Å². The van der Waals surface area contributed by atoms with Gasteiger partial charge in [0.15, 0.2) is 11.5 Å². The van der Waals surface area contributed by atoms with E-state index in [2.05, 4.69) is 44.8 Å². The molecular formula is C17H18N6O2S. The van der Waals surface area contributed by atoms with Crippen molar-refractivity contribution in [3.63, 3.8) is 0 Å². The second kappa shape index (κ2) is 6.61. The molecule has 2 atom stereocenters. The second-order valence-electron chi connectivity index (χ2n) is 6.14. The van der Waals surface area contributed by atoms with Gasteiger partial charge in [0.25, 0.3) is 0 Å². The topological polar surface area (TPSA) is 93.7 Å². The zero-order valence-electron chi connectivity index (χ0n) is 14.2. The summed E-state index contributed by atoms with van der Waals surface area (Å²) in [6.45, 7) is 0. The van der Waals surface area contributed by atoms with Crippen LogP contribution in [0.2, 0.25) is 0 Å². The highest BCUT2D eigenvalue weighted by atomic mass is 32.2. The van der Waals surface area contributed by atoms with E-state index in [1.165, 1.54) is 0 Å². The highest BCUT2D eigenvalue weighted by Gasteiger charge is 2.28. The van der Waals surface area contributed by atoms with Crippen molar-refractivity contribution in [1.82, 2.24) is 14.9 Å². The Hall–Kier alpha value is -2.59. The summed E-state index contributed by atoms with van der Waals surface area (Å²) in [5.74, 6) is 0.600. The molecule has 0 saturated carbocycles. The second-order valence-corrected chi connectivity index (χ2v) is 7.21. The van der Waals surface area contributed by atoms with Gasteiger partial charge in [0.1, 0.15) is 5.37 Å². The van der Waals surface area contributed by atoms with E-state index < -0.39 is 5.23 Å². The van der Waals surface area contributed by atoms with E-state index in [0.29, 0.717) is 11.4 Å². The molecule has 1 aliphatic heterocycles. The van der Waals surface area contributed by atoms with Gasteiger partial charge in [-0.05, 0) is 17.7 Å². The Labute approximate surface area is 154 Å². The van der Waals surface area contributed by atoms with E-state index in [1.54, 1.807) is 30.0 Å². The van der Waals surface area contributed by atoms with Crippen LogP contribution in [0.15, 0.2) is 53.7 Å². The maximum absolute atomic E-state index is 11.2. The van der Waals surface area contributed by atoms with Crippen LogP contribution >= 0.6 is 11.8 Å². The number of thioether (sulfide) groups is 1. The normalized spacial score (nSPS) is 16.8. The molecule has 0 amide bonds.